The summed E-state index contributed by atoms with van der Waals surface area (Å²) in [5.41, 5.74) is -0.722. The van der Waals surface area contributed by atoms with E-state index >= 15 is 0 Å². The molecule has 1 saturated heterocycles. The summed E-state index contributed by atoms with van der Waals surface area (Å²) in [4.78, 5) is 35.0. The van der Waals surface area contributed by atoms with E-state index in [1.54, 1.807) is 37.3 Å². The van der Waals surface area contributed by atoms with Gasteiger partial charge in [-0.05, 0) is 12.0 Å². The molecule has 6 heteroatoms. The van der Waals surface area contributed by atoms with Crippen LogP contribution in [0.1, 0.15) is 18.9 Å². The van der Waals surface area contributed by atoms with Crippen LogP contribution in [-0.2, 0) is 15.0 Å². The molecule has 0 atom stereocenters. The van der Waals surface area contributed by atoms with Gasteiger partial charge in [-0.25, -0.2) is 4.79 Å². The zero-order valence-electron chi connectivity index (χ0n) is 10.0. The molecule has 18 heavy (non-hydrogen) atoms. The molecule has 0 spiro atoms. The first-order chi connectivity index (χ1) is 8.11. The van der Waals surface area contributed by atoms with Crippen LogP contribution >= 0.6 is 0 Å². The molecule has 1 aromatic carbocycles. The average molecular weight is 257 g/mol. The second kappa shape index (κ2) is 5.49. The lowest BCUT2D eigenvalue weighted by molar-refractivity contribution is -0.138. The van der Waals surface area contributed by atoms with Gasteiger partial charge in [-0.15, -0.1) is 0 Å². The van der Waals surface area contributed by atoms with Crippen molar-refractivity contribution >= 4 is 40.9 Å². The van der Waals surface area contributed by atoms with E-state index in [1.165, 1.54) is 0 Å². The molecule has 1 aliphatic rings. The molecule has 0 aliphatic carbocycles. The van der Waals surface area contributed by atoms with E-state index in [-0.39, 0.29) is 23.1 Å². The van der Waals surface area contributed by atoms with Crippen molar-refractivity contribution in [2.45, 2.75) is 18.8 Å². The van der Waals surface area contributed by atoms with Crippen molar-refractivity contribution in [3.05, 3.63) is 35.9 Å². The Labute approximate surface area is 120 Å². The van der Waals surface area contributed by atoms with E-state index in [1.807, 2.05) is 0 Å². The molecule has 0 bridgehead atoms. The van der Waals surface area contributed by atoms with Gasteiger partial charge in [0, 0.05) is 23.1 Å². The van der Waals surface area contributed by atoms with Crippen molar-refractivity contribution in [1.29, 1.82) is 0 Å². The van der Waals surface area contributed by atoms with Gasteiger partial charge in [-0.3, -0.25) is 20.2 Å². The van der Waals surface area contributed by atoms with E-state index in [4.69, 9.17) is 0 Å². The molecule has 2 N–H and O–H groups in total. The summed E-state index contributed by atoms with van der Waals surface area (Å²) in [7, 11) is 0. The number of hydrogen-bond donors (Lipinski definition) is 2. The molecule has 2 radical (unpaired) electrons. The van der Waals surface area contributed by atoms with Crippen molar-refractivity contribution in [2.75, 3.05) is 0 Å². The minimum absolute atomic E-state index is 0. The van der Waals surface area contributed by atoms with Crippen LogP contribution in [0.25, 0.3) is 0 Å². The minimum Gasteiger partial charge on any atom is -0.277 e. The third kappa shape index (κ3) is 2.13. The van der Waals surface area contributed by atoms with Crippen molar-refractivity contribution < 1.29 is 14.4 Å². The highest BCUT2D eigenvalue weighted by Crippen LogP contribution is 2.30. The maximum absolute atomic E-state index is 12.0. The Morgan fingerprint density at radius 3 is 1.94 bits per heavy atom. The molecule has 1 fully saturated rings. The fourth-order valence-corrected chi connectivity index (χ4v) is 2.06. The average Bonchev–Trinajstić information content (AvgIpc) is 2.30. The number of urea groups is 1. The number of benzene rings is 1. The Kier molecular flexibility index (Phi) is 4.47. The first-order valence-corrected chi connectivity index (χ1v) is 5.33. The highest BCUT2D eigenvalue weighted by atomic mass is 24.3. The topological polar surface area (TPSA) is 75.3 Å². The number of carbonyl (C=O) groups excluding carboxylic acids is 3. The van der Waals surface area contributed by atoms with Crippen molar-refractivity contribution in [3.8, 4) is 0 Å². The molecule has 1 heterocycles. The molecular formula is C12H12MgN2O3. The zero-order valence-corrected chi connectivity index (χ0v) is 11.4. The van der Waals surface area contributed by atoms with Crippen molar-refractivity contribution in [2.24, 2.45) is 0 Å². The summed E-state index contributed by atoms with van der Waals surface area (Å²) < 4.78 is 0. The fraction of sp³-hybridized carbons (Fsp3) is 0.250. The summed E-state index contributed by atoms with van der Waals surface area (Å²) in [6, 6.07) is 7.96. The van der Waals surface area contributed by atoms with Crippen LogP contribution in [0.3, 0.4) is 0 Å². The Bertz CT molecular complexity index is 467. The van der Waals surface area contributed by atoms with Crippen molar-refractivity contribution in [3.63, 3.8) is 0 Å². The first-order valence-electron chi connectivity index (χ1n) is 5.33. The minimum atomic E-state index is -1.31. The lowest BCUT2D eigenvalue weighted by Crippen LogP contribution is -2.64. The number of barbiturate groups is 1. The molecule has 4 amide bonds. The molecule has 5 nitrogen and oxygen atoms in total. The monoisotopic (exact) mass is 256 g/mol. The highest BCUT2D eigenvalue weighted by Gasteiger charge is 2.50. The molecule has 0 saturated carbocycles. The second-order valence-electron chi connectivity index (χ2n) is 3.86. The lowest BCUT2D eigenvalue weighted by atomic mass is 9.75. The second-order valence-corrected chi connectivity index (χ2v) is 3.86. The number of nitrogens with one attached hydrogen (secondary N) is 2. The van der Waals surface area contributed by atoms with Crippen LogP contribution in [0.2, 0.25) is 0 Å². The standard InChI is InChI=1S/C12H12N2O3.Mg/c1-2-12(8-6-4-3-5-7-8)9(15)13-11(17)14-10(12)16;/h3-7H,2H2,1H3,(H2,13,14,15,16,17);. The SMILES string of the molecule is CCC1(c2ccccc2)C(=O)NC(=O)NC1=O.[Mg]. The lowest BCUT2D eigenvalue weighted by Gasteiger charge is -2.33. The largest absolute Gasteiger partial charge is 0.328 e. The van der Waals surface area contributed by atoms with Crippen molar-refractivity contribution in [1.82, 2.24) is 10.6 Å². The molecule has 0 aromatic heterocycles. The third-order valence-electron chi connectivity index (χ3n) is 3.03. The summed E-state index contributed by atoms with van der Waals surface area (Å²) in [5, 5.41) is 4.28. The first kappa shape index (κ1) is 14.7. The van der Waals surface area contributed by atoms with E-state index < -0.39 is 23.3 Å². The van der Waals surface area contributed by atoms with Crippen LogP contribution in [0.15, 0.2) is 30.3 Å². The smallest absolute Gasteiger partial charge is 0.277 e. The molecule has 2 rings (SSSR count). The molecule has 90 valence electrons. The maximum atomic E-state index is 12.0. The number of rotatable bonds is 2. The van der Waals surface area contributed by atoms with Crippen LogP contribution in [0.4, 0.5) is 4.79 Å². The van der Waals surface area contributed by atoms with Crippen LogP contribution < -0.4 is 10.6 Å². The summed E-state index contributed by atoms with van der Waals surface area (Å²) >= 11 is 0. The van der Waals surface area contributed by atoms with Crippen LogP contribution in [-0.4, -0.2) is 40.9 Å². The Balaban J connectivity index is 0.00000162. The van der Waals surface area contributed by atoms with E-state index in [0.717, 1.165) is 0 Å². The van der Waals surface area contributed by atoms with Crippen LogP contribution in [0.5, 0.6) is 0 Å². The summed E-state index contributed by atoms with van der Waals surface area (Å²) in [6.07, 6.45) is 0.294. The van der Waals surface area contributed by atoms with Gasteiger partial charge >= 0.3 is 6.03 Å². The molecule has 1 aromatic rings. The van der Waals surface area contributed by atoms with Gasteiger partial charge in [-0.2, -0.15) is 0 Å². The zero-order chi connectivity index (χ0) is 12.5. The predicted molar refractivity (Wildman–Crippen MR) is 65.8 cm³/mol. The number of hydrogen-bond acceptors (Lipinski definition) is 3. The molecule has 1 aliphatic heterocycles. The highest BCUT2D eigenvalue weighted by molar-refractivity contribution is 6.22. The number of carbonyl (C=O) groups is 3. The Morgan fingerprint density at radius 2 is 1.50 bits per heavy atom. The van der Waals surface area contributed by atoms with E-state index in [9.17, 15) is 14.4 Å². The number of imide groups is 2. The van der Waals surface area contributed by atoms with E-state index in [2.05, 4.69) is 10.6 Å². The normalized spacial score (nSPS) is 17.5. The Morgan fingerprint density at radius 1 is 1.00 bits per heavy atom. The van der Waals surface area contributed by atoms with Gasteiger partial charge in [0.05, 0.1) is 0 Å². The van der Waals surface area contributed by atoms with Gasteiger partial charge in [-0.1, -0.05) is 37.3 Å². The van der Waals surface area contributed by atoms with Gasteiger partial charge in [0.1, 0.15) is 0 Å². The third-order valence-corrected chi connectivity index (χ3v) is 3.03. The van der Waals surface area contributed by atoms with Gasteiger partial charge in [0.25, 0.3) is 0 Å². The quantitative estimate of drug-likeness (QED) is 0.591. The van der Waals surface area contributed by atoms with Gasteiger partial charge in [0.15, 0.2) is 5.41 Å². The van der Waals surface area contributed by atoms with Gasteiger partial charge in [0.2, 0.25) is 11.8 Å². The fourth-order valence-electron chi connectivity index (χ4n) is 2.06. The summed E-state index contributed by atoms with van der Waals surface area (Å²) in [5.74, 6) is -1.14. The van der Waals surface area contributed by atoms with Crippen LogP contribution in [0, 0.1) is 0 Å². The maximum Gasteiger partial charge on any atom is 0.328 e. The molecular weight excluding hydrogens is 244 g/mol. The molecule has 0 unspecified atom stereocenters. The number of amides is 4. The van der Waals surface area contributed by atoms with Gasteiger partial charge < -0.3 is 0 Å². The summed E-state index contributed by atoms with van der Waals surface area (Å²) in [6.45, 7) is 1.74. The van der Waals surface area contributed by atoms with E-state index in [0.29, 0.717) is 12.0 Å². The predicted octanol–water partition coefficient (Wildman–Crippen LogP) is 0.320. The Hall–Kier alpha value is -1.40.